The van der Waals surface area contributed by atoms with Gasteiger partial charge in [-0.05, 0) is 32.1 Å². The maximum atomic E-state index is 12.6. The van der Waals surface area contributed by atoms with Gasteiger partial charge in [-0.1, -0.05) is 10.3 Å². The van der Waals surface area contributed by atoms with Crippen molar-refractivity contribution in [3.05, 3.63) is 29.5 Å². The molecule has 0 aromatic carbocycles. The fourth-order valence-electron chi connectivity index (χ4n) is 3.27. The molecule has 1 atom stereocenters. The summed E-state index contributed by atoms with van der Waals surface area (Å²) in [7, 11) is 3.94. The van der Waals surface area contributed by atoms with E-state index in [-0.39, 0.29) is 12.3 Å². The van der Waals surface area contributed by atoms with Crippen LogP contribution in [0.3, 0.4) is 0 Å². The van der Waals surface area contributed by atoms with E-state index in [9.17, 15) is 4.79 Å². The summed E-state index contributed by atoms with van der Waals surface area (Å²) >= 11 is 0. The minimum atomic E-state index is 0.0791. The van der Waals surface area contributed by atoms with Crippen molar-refractivity contribution in [2.45, 2.75) is 32.6 Å². The minimum Gasteiger partial charge on any atom is -0.361 e. The second-order valence-corrected chi connectivity index (χ2v) is 6.75. The van der Waals surface area contributed by atoms with Crippen LogP contribution in [0, 0.1) is 12.8 Å². The second-order valence-electron chi connectivity index (χ2n) is 6.75. The van der Waals surface area contributed by atoms with E-state index in [2.05, 4.69) is 24.9 Å². The fourth-order valence-corrected chi connectivity index (χ4v) is 3.27. The first-order valence-corrected chi connectivity index (χ1v) is 8.57. The molecule has 134 valence electrons. The first kappa shape index (κ1) is 17.3. The second kappa shape index (κ2) is 7.58. The van der Waals surface area contributed by atoms with Gasteiger partial charge < -0.3 is 9.80 Å². The molecule has 1 saturated heterocycles. The number of anilines is 1. The number of piperidine rings is 1. The van der Waals surface area contributed by atoms with Gasteiger partial charge in [0.15, 0.2) is 0 Å². The summed E-state index contributed by atoms with van der Waals surface area (Å²) in [4.78, 5) is 25.4. The van der Waals surface area contributed by atoms with Crippen molar-refractivity contribution in [1.82, 2.24) is 25.2 Å². The average Bonchev–Trinajstić information content (AvgIpc) is 3.00. The smallest absolute Gasteiger partial charge is 0.228 e. The molecule has 0 bridgehead atoms. The Morgan fingerprint density at radius 1 is 1.28 bits per heavy atom. The molecule has 0 unspecified atom stereocenters. The van der Waals surface area contributed by atoms with Crippen molar-refractivity contribution in [1.29, 1.82) is 0 Å². The molecule has 3 heterocycles. The summed E-state index contributed by atoms with van der Waals surface area (Å²) in [6.07, 6.45) is 6.62. The van der Waals surface area contributed by atoms with Crippen LogP contribution in [0.25, 0.3) is 0 Å². The molecule has 0 N–H and O–H groups in total. The lowest BCUT2D eigenvalue weighted by atomic mass is 9.93. The molecule has 1 aliphatic heterocycles. The number of hydrogen-bond acceptors (Lipinski definition) is 7. The Morgan fingerprint density at radius 2 is 2.08 bits per heavy atom. The van der Waals surface area contributed by atoms with Gasteiger partial charge in [0.05, 0.1) is 12.1 Å². The zero-order chi connectivity index (χ0) is 17.8. The van der Waals surface area contributed by atoms with Gasteiger partial charge in [-0.2, -0.15) is 0 Å². The van der Waals surface area contributed by atoms with Gasteiger partial charge in [0.2, 0.25) is 5.91 Å². The number of amides is 1. The molecule has 25 heavy (non-hydrogen) atoms. The van der Waals surface area contributed by atoms with Crippen LogP contribution in [-0.4, -0.2) is 58.3 Å². The number of rotatable bonds is 5. The highest BCUT2D eigenvalue weighted by Crippen LogP contribution is 2.24. The zero-order valence-electron chi connectivity index (χ0n) is 15.0. The van der Waals surface area contributed by atoms with Gasteiger partial charge in [-0.25, -0.2) is 9.61 Å². The number of carbonyl (C=O) groups is 1. The average molecular weight is 344 g/mol. The van der Waals surface area contributed by atoms with Gasteiger partial charge in [-0.15, -0.1) is 0 Å². The minimum absolute atomic E-state index is 0.0791. The standard InChI is InChI=1S/C17H24N6O2/c1-12-14(21-25-20-12)10-16(24)23-8-4-5-13(11-23)9-15-17(22(2)3)19-7-6-18-15/h6-7,13H,4-5,8-11H2,1-3H3/t13-/m1/s1. The van der Waals surface area contributed by atoms with Gasteiger partial charge in [0.25, 0.3) is 0 Å². The lowest BCUT2D eigenvalue weighted by Crippen LogP contribution is -2.41. The molecule has 0 radical (unpaired) electrons. The topological polar surface area (TPSA) is 88.2 Å². The highest BCUT2D eigenvalue weighted by Gasteiger charge is 2.26. The van der Waals surface area contributed by atoms with Gasteiger partial charge in [0.1, 0.15) is 17.2 Å². The SMILES string of the molecule is Cc1nonc1CC(=O)N1CCC[C@H](Cc2nccnc2N(C)C)C1. The van der Waals surface area contributed by atoms with E-state index in [1.165, 1.54) is 0 Å². The van der Waals surface area contributed by atoms with Crippen LogP contribution in [0.5, 0.6) is 0 Å². The van der Waals surface area contributed by atoms with Gasteiger partial charge in [0, 0.05) is 39.6 Å². The normalized spacial score (nSPS) is 17.6. The third-order valence-corrected chi connectivity index (χ3v) is 4.59. The van der Waals surface area contributed by atoms with E-state index < -0.39 is 0 Å². The first-order valence-electron chi connectivity index (χ1n) is 8.57. The van der Waals surface area contributed by atoms with Crippen molar-refractivity contribution >= 4 is 11.7 Å². The fraction of sp³-hybridized carbons (Fsp3) is 0.588. The molecule has 1 aliphatic rings. The predicted octanol–water partition coefficient (Wildman–Crippen LogP) is 1.26. The van der Waals surface area contributed by atoms with Crippen LogP contribution in [0.1, 0.15) is 29.9 Å². The molecule has 3 rings (SSSR count). The third kappa shape index (κ3) is 4.12. The van der Waals surface area contributed by atoms with Crippen LogP contribution in [0.4, 0.5) is 5.82 Å². The Hall–Kier alpha value is -2.51. The largest absolute Gasteiger partial charge is 0.361 e. The third-order valence-electron chi connectivity index (χ3n) is 4.59. The number of hydrogen-bond donors (Lipinski definition) is 0. The zero-order valence-corrected chi connectivity index (χ0v) is 15.0. The van der Waals surface area contributed by atoms with Gasteiger partial charge >= 0.3 is 0 Å². The lowest BCUT2D eigenvalue weighted by molar-refractivity contribution is -0.132. The summed E-state index contributed by atoms with van der Waals surface area (Å²) in [6, 6.07) is 0. The summed E-state index contributed by atoms with van der Waals surface area (Å²) in [5.41, 5.74) is 2.29. The molecular weight excluding hydrogens is 320 g/mol. The molecule has 0 saturated carbocycles. The van der Waals surface area contributed by atoms with Crippen molar-refractivity contribution in [3.8, 4) is 0 Å². The van der Waals surface area contributed by atoms with Crippen LogP contribution in [-0.2, 0) is 17.6 Å². The number of nitrogens with zero attached hydrogens (tertiary/aromatic N) is 6. The molecule has 8 heteroatoms. The van der Waals surface area contributed by atoms with Crippen molar-refractivity contribution in [3.63, 3.8) is 0 Å². The van der Waals surface area contributed by atoms with Crippen LogP contribution in [0.15, 0.2) is 17.0 Å². The summed E-state index contributed by atoms with van der Waals surface area (Å²) in [5.74, 6) is 1.37. The number of aryl methyl sites for hydroxylation is 1. The Bertz CT molecular complexity index is 729. The molecule has 0 spiro atoms. The van der Waals surface area contributed by atoms with Crippen molar-refractivity contribution < 1.29 is 9.42 Å². The Morgan fingerprint density at radius 3 is 2.80 bits per heavy atom. The predicted molar refractivity (Wildman–Crippen MR) is 92.1 cm³/mol. The highest BCUT2D eigenvalue weighted by atomic mass is 16.6. The quantitative estimate of drug-likeness (QED) is 0.806. The lowest BCUT2D eigenvalue weighted by Gasteiger charge is -2.33. The maximum absolute atomic E-state index is 12.6. The van der Waals surface area contributed by atoms with Gasteiger partial charge in [-0.3, -0.25) is 9.78 Å². The first-order chi connectivity index (χ1) is 12.0. The molecule has 2 aromatic heterocycles. The molecule has 2 aromatic rings. The molecule has 8 nitrogen and oxygen atoms in total. The summed E-state index contributed by atoms with van der Waals surface area (Å²) in [6.45, 7) is 3.34. The van der Waals surface area contributed by atoms with E-state index in [0.29, 0.717) is 17.3 Å². The summed E-state index contributed by atoms with van der Waals surface area (Å²) in [5, 5.41) is 7.55. The number of aromatic nitrogens is 4. The Labute approximate surface area is 147 Å². The highest BCUT2D eigenvalue weighted by molar-refractivity contribution is 5.78. The van der Waals surface area contributed by atoms with E-state index in [0.717, 1.165) is 43.9 Å². The Kier molecular flexibility index (Phi) is 5.25. The van der Waals surface area contributed by atoms with E-state index in [1.54, 1.807) is 19.3 Å². The van der Waals surface area contributed by atoms with Crippen LogP contribution < -0.4 is 4.90 Å². The number of likely N-dealkylation sites (tertiary alicyclic amines) is 1. The van der Waals surface area contributed by atoms with Crippen molar-refractivity contribution in [2.75, 3.05) is 32.1 Å². The summed E-state index contributed by atoms with van der Waals surface area (Å²) < 4.78 is 4.68. The molecular formula is C17H24N6O2. The van der Waals surface area contributed by atoms with E-state index in [4.69, 9.17) is 0 Å². The van der Waals surface area contributed by atoms with E-state index >= 15 is 0 Å². The number of carbonyl (C=O) groups excluding carboxylic acids is 1. The molecule has 1 amide bonds. The van der Waals surface area contributed by atoms with E-state index in [1.807, 2.05) is 23.9 Å². The Balaban J connectivity index is 1.63. The molecule has 1 fully saturated rings. The van der Waals surface area contributed by atoms with Crippen LogP contribution >= 0.6 is 0 Å². The monoisotopic (exact) mass is 344 g/mol. The molecule has 0 aliphatic carbocycles. The van der Waals surface area contributed by atoms with Crippen LogP contribution in [0.2, 0.25) is 0 Å². The van der Waals surface area contributed by atoms with Crippen molar-refractivity contribution in [2.24, 2.45) is 5.92 Å². The maximum Gasteiger partial charge on any atom is 0.228 e.